The monoisotopic (exact) mass is 305 g/mol. The molecule has 0 radical (unpaired) electrons. The predicted octanol–water partition coefficient (Wildman–Crippen LogP) is 2.26. The Morgan fingerprint density at radius 2 is 1.95 bits per heavy atom. The van der Waals surface area contributed by atoms with Gasteiger partial charge in [-0.2, -0.15) is 11.8 Å². The van der Waals surface area contributed by atoms with Crippen LogP contribution in [0.15, 0.2) is 18.2 Å². The van der Waals surface area contributed by atoms with E-state index in [1.165, 1.54) is 23.1 Å². The molecule has 21 heavy (non-hydrogen) atoms. The molecule has 1 fully saturated rings. The summed E-state index contributed by atoms with van der Waals surface area (Å²) >= 11 is 1.68. The average Bonchev–Trinajstić information content (AvgIpc) is 3.02. The molecule has 2 aliphatic rings. The van der Waals surface area contributed by atoms with Crippen LogP contribution in [0.4, 0.5) is 0 Å². The van der Waals surface area contributed by atoms with Crippen LogP contribution in [0.1, 0.15) is 50.3 Å². The topological polar surface area (TPSA) is 74.7 Å². The number of thioether (sulfide) groups is 1. The maximum atomic E-state index is 12.5. The summed E-state index contributed by atoms with van der Waals surface area (Å²) in [6.45, 7) is 0. The van der Waals surface area contributed by atoms with Crippen molar-refractivity contribution in [2.75, 3.05) is 6.26 Å². The molecule has 5 nitrogen and oxygen atoms in total. The van der Waals surface area contributed by atoms with E-state index in [1.54, 1.807) is 11.8 Å². The molecule has 6 heteroatoms. The molecule has 1 heterocycles. The molecular weight excluding hydrogens is 290 g/mol. The number of benzene rings is 1. The molecule has 1 aromatic rings. The smallest absolute Gasteiger partial charge is 0.335 e. The molecule has 0 spiro atoms. The van der Waals surface area contributed by atoms with Crippen LogP contribution in [-0.4, -0.2) is 45.3 Å². The minimum absolute atomic E-state index is 0.0320. The number of hydrogen-bond donors (Lipinski definition) is 1. The fourth-order valence-corrected chi connectivity index (χ4v) is 4.14. The van der Waals surface area contributed by atoms with Crippen molar-refractivity contribution in [2.45, 2.75) is 30.6 Å². The number of carboxylic acid groups (broad SMARTS) is 1. The molecule has 110 valence electrons. The van der Waals surface area contributed by atoms with Crippen LogP contribution in [0.25, 0.3) is 0 Å². The summed E-state index contributed by atoms with van der Waals surface area (Å²) in [4.78, 5) is 37.4. The number of carbonyl (C=O) groups is 3. The van der Waals surface area contributed by atoms with Crippen molar-refractivity contribution in [1.29, 1.82) is 0 Å². The van der Waals surface area contributed by atoms with Gasteiger partial charge in [-0.1, -0.05) is 6.42 Å². The Bertz CT molecular complexity index is 643. The Balaban J connectivity index is 1.99. The van der Waals surface area contributed by atoms with Gasteiger partial charge in [0.25, 0.3) is 11.8 Å². The third kappa shape index (κ3) is 2.14. The summed E-state index contributed by atoms with van der Waals surface area (Å²) in [5.41, 5.74) is 0.563. The van der Waals surface area contributed by atoms with Gasteiger partial charge in [-0.3, -0.25) is 14.5 Å². The first-order chi connectivity index (χ1) is 10.0. The molecule has 1 N–H and O–H groups in total. The van der Waals surface area contributed by atoms with E-state index < -0.39 is 5.97 Å². The van der Waals surface area contributed by atoms with Crippen molar-refractivity contribution in [1.82, 2.24) is 4.90 Å². The summed E-state index contributed by atoms with van der Waals surface area (Å²) in [6, 6.07) is 4.04. The van der Waals surface area contributed by atoms with Crippen molar-refractivity contribution in [3.05, 3.63) is 34.9 Å². The molecule has 1 aliphatic heterocycles. The highest BCUT2D eigenvalue weighted by atomic mass is 32.2. The van der Waals surface area contributed by atoms with Crippen molar-refractivity contribution in [3.8, 4) is 0 Å². The molecule has 1 aliphatic carbocycles. The maximum absolute atomic E-state index is 12.5. The summed E-state index contributed by atoms with van der Waals surface area (Å²) in [7, 11) is 0. The van der Waals surface area contributed by atoms with Crippen LogP contribution in [0.5, 0.6) is 0 Å². The van der Waals surface area contributed by atoms with E-state index in [4.69, 9.17) is 5.11 Å². The summed E-state index contributed by atoms with van der Waals surface area (Å²) < 4.78 is 0. The standard InChI is InChI=1S/C15H15NO4S/c1-21-12-4-2-3-11(12)16-13(17)9-6-5-8(15(19)20)7-10(9)14(16)18/h5-7,11-12H,2-4H2,1H3,(H,19,20). The van der Waals surface area contributed by atoms with Crippen LogP contribution in [0.2, 0.25) is 0 Å². The van der Waals surface area contributed by atoms with Gasteiger partial charge >= 0.3 is 5.97 Å². The Morgan fingerprint density at radius 1 is 1.24 bits per heavy atom. The van der Waals surface area contributed by atoms with Crippen molar-refractivity contribution >= 4 is 29.5 Å². The second-order valence-electron chi connectivity index (χ2n) is 5.32. The zero-order valence-electron chi connectivity index (χ0n) is 11.5. The lowest BCUT2D eigenvalue weighted by Crippen LogP contribution is -2.43. The number of carboxylic acids is 1. The molecule has 0 bridgehead atoms. The van der Waals surface area contributed by atoms with Crippen molar-refractivity contribution < 1.29 is 19.5 Å². The molecule has 2 amide bonds. The largest absolute Gasteiger partial charge is 0.478 e. The van der Waals surface area contributed by atoms with Gasteiger partial charge in [0.15, 0.2) is 0 Å². The Kier molecular flexibility index (Phi) is 3.49. The fraction of sp³-hybridized carbons (Fsp3) is 0.400. The number of nitrogens with zero attached hydrogens (tertiary/aromatic N) is 1. The SMILES string of the molecule is CSC1CCCC1N1C(=O)c2ccc(C(=O)O)cc2C1=O. The Morgan fingerprint density at radius 3 is 2.62 bits per heavy atom. The molecule has 0 saturated heterocycles. The average molecular weight is 305 g/mol. The lowest BCUT2D eigenvalue weighted by Gasteiger charge is -2.26. The van der Waals surface area contributed by atoms with E-state index in [1.807, 2.05) is 6.26 Å². The highest BCUT2D eigenvalue weighted by Crippen LogP contribution is 2.36. The number of rotatable bonds is 3. The van der Waals surface area contributed by atoms with Gasteiger partial charge < -0.3 is 5.11 Å². The fourth-order valence-electron chi connectivity index (χ4n) is 3.17. The number of carbonyl (C=O) groups excluding carboxylic acids is 2. The third-order valence-electron chi connectivity index (χ3n) is 4.22. The molecule has 2 atom stereocenters. The van der Waals surface area contributed by atoms with Gasteiger partial charge in [-0.15, -0.1) is 0 Å². The minimum atomic E-state index is -1.10. The summed E-state index contributed by atoms with van der Waals surface area (Å²) in [5.74, 6) is -1.75. The van der Waals surface area contributed by atoms with Gasteiger partial charge in [-0.05, 0) is 37.3 Å². The zero-order valence-corrected chi connectivity index (χ0v) is 12.4. The Labute approximate surface area is 126 Å². The first-order valence-electron chi connectivity index (χ1n) is 6.82. The quantitative estimate of drug-likeness (QED) is 0.867. The third-order valence-corrected chi connectivity index (χ3v) is 5.37. The first-order valence-corrected chi connectivity index (χ1v) is 8.11. The molecule has 3 rings (SSSR count). The van der Waals surface area contributed by atoms with Gasteiger partial charge in [0.1, 0.15) is 0 Å². The number of fused-ring (bicyclic) bond motifs is 1. The number of hydrogen-bond acceptors (Lipinski definition) is 4. The summed E-state index contributed by atoms with van der Waals surface area (Å²) in [6.07, 6.45) is 4.82. The lowest BCUT2D eigenvalue weighted by molar-refractivity contribution is 0.0590. The van der Waals surface area contributed by atoms with Crippen molar-refractivity contribution in [2.24, 2.45) is 0 Å². The zero-order chi connectivity index (χ0) is 15.1. The maximum Gasteiger partial charge on any atom is 0.335 e. The number of imide groups is 1. The molecule has 1 saturated carbocycles. The highest BCUT2D eigenvalue weighted by Gasteiger charge is 2.44. The second-order valence-corrected chi connectivity index (χ2v) is 6.40. The number of aromatic carboxylic acids is 1. The van der Waals surface area contributed by atoms with Crippen LogP contribution in [0.3, 0.4) is 0 Å². The molecule has 2 unspecified atom stereocenters. The normalized spacial score (nSPS) is 24.5. The van der Waals surface area contributed by atoms with Crippen LogP contribution in [-0.2, 0) is 0 Å². The van der Waals surface area contributed by atoms with Gasteiger partial charge in [0, 0.05) is 5.25 Å². The van der Waals surface area contributed by atoms with E-state index in [0.717, 1.165) is 19.3 Å². The minimum Gasteiger partial charge on any atom is -0.478 e. The van der Waals surface area contributed by atoms with Gasteiger partial charge in [0.2, 0.25) is 0 Å². The van der Waals surface area contributed by atoms with Crippen molar-refractivity contribution in [3.63, 3.8) is 0 Å². The van der Waals surface area contributed by atoms with Crippen LogP contribution in [0, 0.1) is 0 Å². The van der Waals surface area contributed by atoms with Gasteiger partial charge in [-0.25, -0.2) is 4.79 Å². The van der Waals surface area contributed by atoms with E-state index in [0.29, 0.717) is 5.56 Å². The molecular formula is C15H15NO4S. The van der Waals surface area contributed by atoms with Crippen LogP contribution >= 0.6 is 11.8 Å². The first kappa shape index (κ1) is 14.1. The summed E-state index contributed by atoms with van der Waals surface area (Å²) in [5, 5.41) is 9.28. The van der Waals surface area contributed by atoms with E-state index in [9.17, 15) is 14.4 Å². The number of amides is 2. The Hall–Kier alpha value is -1.82. The van der Waals surface area contributed by atoms with Gasteiger partial charge in [0.05, 0.1) is 22.7 Å². The van der Waals surface area contributed by atoms with E-state index in [-0.39, 0.29) is 34.2 Å². The second kappa shape index (κ2) is 5.18. The van der Waals surface area contributed by atoms with E-state index >= 15 is 0 Å². The van der Waals surface area contributed by atoms with E-state index in [2.05, 4.69) is 0 Å². The molecule has 1 aromatic carbocycles. The predicted molar refractivity (Wildman–Crippen MR) is 78.8 cm³/mol. The molecule has 0 aromatic heterocycles. The highest BCUT2D eigenvalue weighted by molar-refractivity contribution is 7.99. The lowest BCUT2D eigenvalue weighted by atomic mass is 10.1. The van der Waals surface area contributed by atoms with Crippen LogP contribution < -0.4 is 0 Å².